The van der Waals surface area contributed by atoms with Crippen molar-refractivity contribution in [2.24, 2.45) is 0 Å². The van der Waals surface area contributed by atoms with E-state index >= 15 is 0 Å². The lowest BCUT2D eigenvalue weighted by Crippen LogP contribution is -2.23. The minimum absolute atomic E-state index is 0.0535. The van der Waals surface area contributed by atoms with Crippen LogP contribution in [0.2, 0.25) is 0 Å². The number of alkyl halides is 3. The number of nitrogens with zero attached hydrogens (tertiary/aromatic N) is 4. The van der Waals surface area contributed by atoms with E-state index < -0.39 is 23.8 Å². The van der Waals surface area contributed by atoms with Gasteiger partial charge in [-0.15, -0.1) is 0 Å². The molecule has 0 spiro atoms. The molecule has 1 aliphatic rings. The van der Waals surface area contributed by atoms with Crippen LogP contribution in [0, 0.1) is 5.41 Å². The molecule has 0 unspecified atom stereocenters. The first-order chi connectivity index (χ1) is 16.7. The molecule has 0 radical (unpaired) electrons. The number of nitrogen functional groups attached to an aromatic ring is 1. The number of fused-ring (bicyclic) bond motifs is 1. The van der Waals surface area contributed by atoms with Crippen LogP contribution < -0.4 is 20.7 Å². The van der Waals surface area contributed by atoms with Gasteiger partial charge in [-0.25, -0.2) is 4.79 Å². The summed E-state index contributed by atoms with van der Waals surface area (Å²) in [7, 11) is 0. The zero-order chi connectivity index (χ0) is 24.7. The Bertz CT molecular complexity index is 1430. The van der Waals surface area contributed by atoms with Gasteiger partial charge in [0.15, 0.2) is 17.1 Å². The number of nitrogens with two attached hydrogens (primary N) is 1. The van der Waals surface area contributed by atoms with Gasteiger partial charge in [-0.3, -0.25) is 10.7 Å². The van der Waals surface area contributed by atoms with Crippen molar-refractivity contribution in [3.05, 3.63) is 54.2 Å². The fourth-order valence-electron chi connectivity index (χ4n) is 3.76. The average Bonchev–Trinajstić information content (AvgIpc) is 3.53. The molecule has 35 heavy (non-hydrogen) atoms. The summed E-state index contributed by atoms with van der Waals surface area (Å²) in [6, 6.07) is 11.6. The number of anilines is 3. The van der Waals surface area contributed by atoms with E-state index in [1.54, 1.807) is 24.3 Å². The molecule has 3 heterocycles. The lowest BCUT2D eigenvalue weighted by molar-refractivity contribution is -0.141. The van der Waals surface area contributed by atoms with Crippen molar-refractivity contribution in [2.45, 2.75) is 19.0 Å². The Morgan fingerprint density at radius 3 is 2.57 bits per heavy atom. The third-order valence-corrected chi connectivity index (χ3v) is 5.44. The Balaban J connectivity index is 1.39. The third kappa shape index (κ3) is 4.35. The molecule has 2 aromatic carbocycles. The second-order valence-electron chi connectivity index (χ2n) is 7.79. The van der Waals surface area contributed by atoms with Crippen molar-refractivity contribution in [2.75, 3.05) is 22.5 Å². The molecule has 1 saturated heterocycles. The number of halogens is 3. The monoisotopic (exact) mass is 485 g/mol. The first-order valence-electron chi connectivity index (χ1n) is 10.5. The first-order valence-corrected chi connectivity index (χ1v) is 10.5. The number of aromatic nitrogens is 3. The Hall–Kier alpha value is -4.55. The zero-order valence-corrected chi connectivity index (χ0v) is 18.0. The highest BCUT2D eigenvalue weighted by Crippen LogP contribution is 2.33. The molecule has 1 aliphatic heterocycles. The highest BCUT2D eigenvalue weighted by Gasteiger charge is 2.36. The van der Waals surface area contributed by atoms with Crippen LogP contribution in [0.3, 0.4) is 0 Å². The van der Waals surface area contributed by atoms with E-state index in [-0.39, 0.29) is 11.5 Å². The number of hydrogen-bond donors (Lipinski definition) is 3. The van der Waals surface area contributed by atoms with Crippen molar-refractivity contribution in [1.82, 2.24) is 14.9 Å². The Morgan fingerprint density at radius 1 is 1.14 bits per heavy atom. The molecule has 0 bridgehead atoms. The number of ether oxygens (including phenoxy) is 1. The highest BCUT2D eigenvalue weighted by molar-refractivity contribution is 5.97. The van der Waals surface area contributed by atoms with Crippen molar-refractivity contribution in [3.63, 3.8) is 0 Å². The Labute approximate surface area is 195 Å². The summed E-state index contributed by atoms with van der Waals surface area (Å²) in [6.07, 6.45) is -4.17. The topological polar surface area (TPSA) is 135 Å². The van der Waals surface area contributed by atoms with Crippen LogP contribution in [0.4, 0.5) is 35.2 Å². The second-order valence-corrected chi connectivity index (χ2v) is 7.79. The van der Waals surface area contributed by atoms with Crippen LogP contribution in [0.1, 0.15) is 18.5 Å². The molecule has 10 nitrogen and oxygen atoms in total. The maximum Gasteiger partial charge on any atom is 0.435 e. The lowest BCUT2D eigenvalue weighted by Gasteiger charge is -2.18. The van der Waals surface area contributed by atoms with Crippen LogP contribution in [0.15, 0.2) is 53.1 Å². The minimum Gasteiger partial charge on any atom is -0.391 e. The maximum absolute atomic E-state index is 13.3. The molecule has 5 rings (SSSR count). The highest BCUT2D eigenvalue weighted by atomic mass is 19.4. The van der Waals surface area contributed by atoms with Gasteiger partial charge in [-0.1, -0.05) is 5.16 Å². The molecule has 1 fully saturated rings. The molecule has 13 heteroatoms. The van der Waals surface area contributed by atoms with Gasteiger partial charge in [-0.2, -0.15) is 23.0 Å². The smallest absolute Gasteiger partial charge is 0.391 e. The van der Waals surface area contributed by atoms with Crippen LogP contribution in [-0.2, 0) is 6.18 Å². The molecule has 2 aromatic heterocycles. The quantitative estimate of drug-likeness (QED) is 0.378. The van der Waals surface area contributed by atoms with Gasteiger partial charge < -0.3 is 19.9 Å². The largest absolute Gasteiger partial charge is 0.435 e. The van der Waals surface area contributed by atoms with Gasteiger partial charge in [0, 0.05) is 30.4 Å². The number of benzene rings is 2. The number of amides is 1. The Kier molecular flexibility index (Phi) is 5.30. The molecular weight excluding hydrogens is 467 g/mol. The number of rotatable bonds is 4. The van der Waals surface area contributed by atoms with E-state index in [0.29, 0.717) is 35.0 Å². The van der Waals surface area contributed by atoms with E-state index in [9.17, 15) is 18.0 Å². The van der Waals surface area contributed by atoms with Crippen molar-refractivity contribution < 1.29 is 27.2 Å². The van der Waals surface area contributed by atoms with Crippen molar-refractivity contribution in [3.8, 4) is 11.6 Å². The van der Waals surface area contributed by atoms with E-state index in [0.717, 1.165) is 23.3 Å². The fourth-order valence-corrected chi connectivity index (χ4v) is 3.76. The van der Waals surface area contributed by atoms with Gasteiger partial charge >= 0.3 is 12.3 Å². The van der Waals surface area contributed by atoms with Crippen LogP contribution in [-0.4, -0.2) is 33.4 Å². The standard InChI is InChI=1S/C22H18F3N7O3/c23-22(24,25)17-11-19(32(29-17)14-7-8-16-15(10-14)20(27)30-35-16)34-21(33)28-12-3-5-13(6-4-12)31-9-1-2-18(31)26/h3-8,10-11,26H,1-2,9H2,(H2,27,30)(H,28,33). The summed E-state index contributed by atoms with van der Waals surface area (Å²) in [4.78, 5) is 14.4. The summed E-state index contributed by atoms with van der Waals surface area (Å²) in [5.74, 6) is 0.120. The maximum atomic E-state index is 13.3. The minimum atomic E-state index is -4.76. The number of nitrogens with one attached hydrogen (secondary N) is 2. The fraction of sp³-hybridized carbons (Fsp3) is 0.182. The van der Waals surface area contributed by atoms with E-state index in [4.69, 9.17) is 20.4 Å². The van der Waals surface area contributed by atoms with Crippen LogP contribution in [0.25, 0.3) is 16.7 Å². The van der Waals surface area contributed by atoms with Gasteiger partial charge in [-0.05, 0) is 48.9 Å². The van der Waals surface area contributed by atoms with E-state index in [1.165, 1.54) is 18.2 Å². The van der Waals surface area contributed by atoms with Crippen molar-refractivity contribution in [1.29, 1.82) is 5.41 Å². The van der Waals surface area contributed by atoms with E-state index in [1.807, 2.05) is 4.90 Å². The molecule has 4 N–H and O–H groups in total. The number of hydrogen-bond acceptors (Lipinski definition) is 7. The zero-order valence-electron chi connectivity index (χ0n) is 18.0. The van der Waals surface area contributed by atoms with Crippen LogP contribution >= 0.6 is 0 Å². The summed E-state index contributed by atoms with van der Waals surface area (Å²) in [6.45, 7) is 0.742. The summed E-state index contributed by atoms with van der Waals surface area (Å²) >= 11 is 0. The molecular formula is C22H18F3N7O3. The van der Waals surface area contributed by atoms with Gasteiger partial charge in [0.25, 0.3) is 0 Å². The SMILES string of the molecule is N=C1CCCN1c1ccc(NC(=O)Oc2cc(C(F)(F)F)nn2-c2ccc3onc(N)c3c2)cc1. The van der Waals surface area contributed by atoms with Crippen molar-refractivity contribution >= 4 is 40.1 Å². The average molecular weight is 485 g/mol. The first kappa shape index (κ1) is 22.3. The molecule has 4 aromatic rings. The summed E-state index contributed by atoms with van der Waals surface area (Å²) < 4.78 is 51.1. The van der Waals surface area contributed by atoms with Gasteiger partial charge in [0.05, 0.1) is 11.1 Å². The second kappa shape index (κ2) is 8.34. The normalized spacial score (nSPS) is 14.0. The summed E-state index contributed by atoms with van der Waals surface area (Å²) in [5.41, 5.74) is 6.16. The number of amidine groups is 1. The predicted octanol–water partition coefficient (Wildman–Crippen LogP) is 4.80. The van der Waals surface area contributed by atoms with Crippen LogP contribution in [0.5, 0.6) is 5.88 Å². The lowest BCUT2D eigenvalue weighted by atomic mass is 10.2. The molecule has 1 amide bonds. The number of carbonyl (C=O) groups is 1. The Morgan fingerprint density at radius 2 is 1.89 bits per heavy atom. The molecule has 180 valence electrons. The van der Waals surface area contributed by atoms with E-state index in [2.05, 4.69) is 15.6 Å². The molecule has 0 aliphatic carbocycles. The molecule has 0 saturated carbocycles. The van der Waals surface area contributed by atoms with Gasteiger partial charge in [0.2, 0.25) is 5.88 Å². The van der Waals surface area contributed by atoms with Gasteiger partial charge in [0.1, 0.15) is 5.84 Å². The number of carbonyl (C=O) groups excluding carboxylic acids is 1. The summed E-state index contributed by atoms with van der Waals surface area (Å²) in [5, 5.41) is 18.0. The molecule has 0 atom stereocenters. The predicted molar refractivity (Wildman–Crippen MR) is 121 cm³/mol. The third-order valence-electron chi connectivity index (χ3n) is 5.44.